The van der Waals surface area contributed by atoms with Crippen molar-refractivity contribution in [3.8, 4) is 11.6 Å². The van der Waals surface area contributed by atoms with Crippen LogP contribution < -0.4 is 4.74 Å². The molecule has 0 radical (unpaired) electrons. The molecular formula is C16H15BrN2O. The molecule has 0 amide bonds. The molecule has 0 unspecified atom stereocenters. The molecule has 0 aliphatic carbocycles. The summed E-state index contributed by atoms with van der Waals surface area (Å²) in [5.41, 5.74) is 4.27. The molecule has 20 heavy (non-hydrogen) atoms. The van der Waals surface area contributed by atoms with Crippen LogP contribution in [0.25, 0.3) is 5.65 Å². The van der Waals surface area contributed by atoms with Crippen LogP contribution in [-0.4, -0.2) is 9.38 Å². The lowest BCUT2D eigenvalue weighted by molar-refractivity contribution is 0.461. The Kier molecular flexibility index (Phi) is 3.49. The summed E-state index contributed by atoms with van der Waals surface area (Å²) in [6.45, 7) is 4.13. The van der Waals surface area contributed by atoms with Crippen LogP contribution in [-0.2, 0) is 5.33 Å². The van der Waals surface area contributed by atoms with Crippen molar-refractivity contribution in [2.24, 2.45) is 0 Å². The molecule has 4 heteroatoms. The highest BCUT2D eigenvalue weighted by atomic mass is 79.9. The highest BCUT2D eigenvalue weighted by Crippen LogP contribution is 2.28. The largest absolute Gasteiger partial charge is 0.437 e. The first-order valence-electron chi connectivity index (χ1n) is 6.45. The number of ether oxygens (including phenoxy) is 1. The molecule has 0 bridgehead atoms. The highest BCUT2D eigenvalue weighted by Gasteiger charge is 2.13. The Balaban J connectivity index is 2.05. The number of aromatic nitrogens is 2. The number of halogens is 1. The van der Waals surface area contributed by atoms with E-state index in [4.69, 9.17) is 4.74 Å². The number of hydrogen-bond donors (Lipinski definition) is 0. The lowest BCUT2D eigenvalue weighted by Crippen LogP contribution is -1.92. The van der Waals surface area contributed by atoms with Gasteiger partial charge in [-0.2, -0.15) is 4.98 Å². The molecule has 3 rings (SSSR count). The topological polar surface area (TPSA) is 26.5 Å². The van der Waals surface area contributed by atoms with Crippen molar-refractivity contribution in [1.29, 1.82) is 0 Å². The second-order valence-electron chi connectivity index (χ2n) is 4.85. The van der Waals surface area contributed by atoms with Gasteiger partial charge >= 0.3 is 0 Å². The smallest absolute Gasteiger partial charge is 0.242 e. The van der Waals surface area contributed by atoms with Crippen molar-refractivity contribution in [3.05, 3.63) is 59.4 Å². The molecule has 3 aromatic rings. The molecule has 1 aromatic carbocycles. The molecule has 0 spiro atoms. The average molecular weight is 331 g/mol. The zero-order valence-corrected chi connectivity index (χ0v) is 13.0. The summed E-state index contributed by atoms with van der Waals surface area (Å²) in [6, 6.07) is 12.1. The number of pyridine rings is 1. The SMILES string of the molecule is Cc1cc(C)cc(Oc2nc3ccccn3c2CBr)c1. The second-order valence-corrected chi connectivity index (χ2v) is 5.41. The van der Waals surface area contributed by atoms with E-state index in [2.05, 4.69) is 40.8 Å². The van der Waals surface area contributed by atoms with Gasteiger partial charge in [0.25, 0.3) is 0 Å². The Labute approximate surface area is 126 Å². The zero-order valence-electron chi connectivity index (χ0n) is 11.4. The third kappa shape index (κ3) is 2.43. The summed E-state index contributed by atoms with van der Waals surface area (Å²) in [5.74, 6) is 1.48. The summed E-state index contributed by atoms with van der Waals surface area (Å²) in [6.07, 6.45) is 1.99. The van der Waals surface area contributed by atoms with E-state index in [1.807, 2.05) is 40.9 Å². The zero-order chi connectivity index (χ0) is 14.1. The molecule has 0 saturated carbocycles. The van der Waals surface area contributed by atoms with Gasteiger partial charge in [0.2, 0.25) is 5.88 Å². The standard InChI is InChI=1S/C16H15BrN2O/c1-11-7-12(2)9-13(8-11)20-16-14(10-17)19-6-4-3-5-15(19)18-16/h3-9H,10H2,1-2H3. The maximum atomic E-state index is 5.99. The minimum absolute atomic E-state index is 0.651. The predicted molar refractivity (Wildman–Crippen MR) is 83.8 cm³/mol. The summed E-state index contributed by atoms with van der Waals surface area (Å²) >= 11 is 3.51. The van der Waals surface area contributed by atoms with Crippen molar-refractivity contribution >= 4 is 21.6 Å². The molecule has 0 atom stereocenters. The number of hydrogen-bond acceptors (Lipinski definition) is 2. The number of rotatable bonds is 3. The van der Waals surface area contributed by atoms with Crippen LogP contribution in [0.3, 0.4) is 0 Å². The molecule has 2 aromatic heterocycles. The Bertz CT molecular complexity index is 744. The van der Waals surface area contributed by atoms with Crippen LogP contribution in [0.1, 0.15) is 16.8 Å². The fraction of sp³-hybridized carbons (Fsp3) is 0.188. The third-order valence-corrected chi connectivity index (χ3v) is 3.66. The van der Waals surface area contributed by atoms with Crippen molar-refractivity contribution < 1.29 is 4.74 Å². The number of alkyl halides is 1. The number of benzene rings is 1. The van der Waals surface area contributed by atoms with Crippen molar-refractivity contribution in [2.45, 2.75) is 19.2 Å². The quantitative estimate of drug-likeness (QED) is 0.654. The Morgan fingerprint density at radius 3 is 2.60 bits per heavy atom. The summed E-state index contributed by atoms with van der Waals surface area (Å²) in [4.78, 5) is 4.55. The van der Waals surface area contributed by atoms with Crippen molar-refractivity contribution in [2.75, 3.05) is 0 Å². The number of fused-ring (bicyclic) bond motifs is 1. The van der Waals surface area contributed by atoms with Gasteiger partial charge in [-0.15, -0.1) is 0 Å². The molecule has 0 N–H and O–H groups in total. The van der Waals surface area contributed by atoms with Gasteiger partial charge in [-0.1, -0.05) is 28.1 Å². The Morgan fingerprint density at radius 1 is 1.15 bits per heavy atom. The minimum Gasteiger partial charge on any atom is -0.437 e. The first-order valence-corrected chi connectivity index (χ1v) is 7.57. The molecule has 0 aliphatic heterocycles. The van der Waals surface area contributed by atoms with E-state index in [1.54, 1.807) is 0 Å². The number of imidazole rings is 1. The molecule has 102 valence electrons. The average Bonchev–Trinajstić information content (AvgIpc) is 2.74. The van der Waals surface area contributed by atoms with E-state index in [-0.39, 0.29) is 0 Å². The number of nitrogens with zero attached hydrogens (tertiary/aromatic N) is 2. The minimum atomic E-state index is 0.651. The van der Waals surface area contributed by atoms with Crippen molar-refractivity contribution in [1.82, 2.24) is 9.38 Å². The molecule has 0 saturated heterocycles. The van der Waals surface area contributed by atoms with Crippen LogP contribution in [0.15, 0.2) is 42.6 Å². The lowest BCUT2D eigenvalue weighted by atomic mass is 10.1. The first kappa shape index (κ1) is 13.2. The van der Waals surface area contributed by atoms with E-state index in [9.17, 15) is 0 Å². The van der Waals surface area contributed by atoms with Crippen molar-refractivity contribution in [3.63, 3.8) is 0 Å². The van der Waals surface area contributed by atoms with E-state index < -0.39 is 0 Å². The van der Waals surface area contributed by atoms with E-state index >= 15 is 0 Å². The van der Waals surface area contributed by atoms with Gasteiger partial charge in [0.1, 0.15) is 11.4 Å². The fourth-order valence-electron chi connectivity index (χ4n) is 2.33. The third-order valence-electron chi connectivity index (χ3n) is 3.13. The van der Waals surface area contributed by atoms with Crippen LogP contribution in [0, 0.1) is 13.8 Å². The Morgan fingerprint density at radius 2 is 1.90 bits per heavy atom. The van der Waals surface area contributed by atoms with E-state index in [0.29, 0.717) is 11.2 Å². The maximum Gasteiger partial charge on any atom is 0.242 e. The number of aryl methyl sites for hydroxylation is 2. The van der Waals surface area contributed by atoms with Crippen LogP contribution >= 0.6 is 15.9 Å². The summed E-state index contributed by atoms with van der Waals surface area (Å²) < 4.78 is 8.02. The summed E-state index contributed by atoms with van der Waals surface area (Å²) in [7, 11) is 0. The second kappa shape index (κ2) is 5.29. The normalized spacial score (nSPS) is 10.9. The van der Waals surface area contributed by atoms with Gasteiger partial charge < -0.3 is 4.74 Å². The van der Waals surface area contributed by atoms with Gasteiger partial charge in [0.05, 0.1) is 5.69 Å². The molecule has 0 aliphatic rings. The molecular weight excluding hydrogens is 316 g/mol. The van der Waals surface area contributed by atoms with Crippen LogP contribution in [0.2, 0.25) is 0 Å². The molecule has 0 fully saturated rings. The highest BCUT2D eigenvalue weighted by molar-refractivity contribution is 9.08. The van der Waals surface area contributed by atoms with Gasteiger partial charge in [0, 0.05) is 11.5 Å². The van der Waals surface area contributed by atoms with Crippen LogP contribution in [0.5, 0.6) is 11.6 Å². The predicted octanol–water partition coefficient (Wildman–Crippen LogP) is 4.64. The molecule has 3 nitrogen and oxygen atoms in total. The lowest BCUT2D eigenvalue weighted by Gasteiger charge is -2.06. The van der Waals surface area contributed by atoms with Gasteiger partial charge in [-0.05, 0) is 49.2 Å². The van der Waals surface area contributed by atoms with Gasteiger partial charge in [-0.25, -0.2) is 0 Å². The first-order chi connectivity index (χ1) is 9.67. The fourth-order valence-corrected chi connectivity index (χ4v) is 2.84. The Hall–Kier alpha value is -1.81. The summed E-state index contributed by atoms with van der Waals surface area (Å²) in [5, 5.41) is 0.693. The maximum absolute atomic E-state index is 5.99. The molecule has 2 heterocycles. The van der Waals surface area contributed by atoms with Crippen LogP contribution in [0.4, 0.5) is 0 Å². The van der Waals surface area contributed by atoms with E-state index in [1.165, 1.54) is 11.1 Å². The van der Waals surface area contributed by atoms with Gasteiger partial charge in [0.15, 0.2) is 0 Å². The monoisotopic (exact) mass is 330 g/mol. The van der Waals surface area contributed by atoms with Gasteiger partial charge in [-0.3, -0.25) is 4.40 Å². The van der Waals surface area contributed by atoms with E-state index in [0.717, 1.165) is 17.1 Å².